The molecule has 1 amide bonds. The summed E-state index contributed by atoms with van der Waals surface area (Å²) in [7, 11) is -2.56. The number of aromatic nitrogens is 2. The molecule has 1 aliphatic rings. The Kier molecular flexibility index (Phi) is 4.94. The van der Waals surface area contributed by atoms with Crippen molar-refractivity contribution in [2.24, 2.45) is 5.73 Å². The van der Waals surface area contributed by atoms with Gasteiger partial charge in [0.15, 0.2) is 0 Å². The molecule has 0 atom stereocenters. The second kappa shape index (κ2) is 7.16. The molecule has 10 heteroatoms. The lowest BCUT2D eigenvalue weighted by atomic mass is 10.2. The van der Waals surface area contributed by atoms with Crippen molar-refractivity contribution in [3.63, 3.8) is 0 Å². The fraction of sp³-hybridized carbons (Fsp3) is 0.312. The van der Waals surface area contributed by atoms with Crippen LogP contribution in [0.15, 0.2) is 35.5 Å². The van der Waals surface area contributed by atoms with Crippen molar-refractivity contribution >= 4 is 27.6 Å². The third kappa shape index (κ3) is 3.69. The first kappa shape index (κ1) is 17.9. The predicted molar refractivity (Wildman–Crippen MR) is 95.8 cm³/mol. The van der Waals surface area contributed by atoms with Crippen LogP contribution in [0.2, 0.25) is 0 Å². The van der Waals surface area contributed by atoms with Gasteiger partial charge in [0.1, 0.15) is 5.75 Å². The highest BCUT2D eigenvalue weighted by atomic mass is 32.2. The van der Waals surface area contributed by atoms with Crippen LogP contribution < -0.4 is 20.1 Å². The largest absolute Gasteiger partial charge is 0.496 e. The first-order valence-corrected chi connectivity index (χ1v) is 9.46. The fourth-order valence-corrected chi connectivity index (χ4v) is 3.77. The van der Waals surface area contributed by atoms with Crippen molar-refractivity contribution in [3.8, 4) is 5.75 Å². The van der Waals surface area contributed by atoms with Crippen LogP contribution in [0.5, 0.6) is 5.75 Å². The Bertz CT molecular complexity index is 909. The average Bonchev–Trinajstić information content (AvgIpc) is 3.16. The van der Waals surface area contributed by atoms with Gasteiger partial charge in [-0.2, -0.15) is 0 Å². The Morgan fingerprint density at radius 2 is 1.88 bits per heavy atom. The van der Waals surface area contributed by atoms with E-state index < -0.39 is 15.9 Å². The highest BCUT2D eigenvalue weighted by Gasteiger charge is 2.20. The number of sulfonamides is 1. The zero-order chi connectivity index (χ0) is 18.7. The third-order valence-electron chi connectivity index (χ3n) is 4.03. The number of anilines is 2. The van der Waals surface area contributed by atoms with Crippen molar-refractivity contribution in [1.29, 1.82) is 0 Å². The highest BCUT2D eigenvalue weighted by Crippen LogP contribution is 2.24. The SMILES string of the molecule is COc1ccc(S(=O)(=O)Nc2cnc(N3CCCC3)nc2)cc1C(N)=O. The summed E-state index contributed by atoms with van der Waals surface area (Å²) in [6, 6.07) is 3.87. The van der Waals surface area contributed by atoms with Crippen molar-refractivity contribution in [3.05, 3.63) is 36.2 Å². The second-order valence-electron chi connectivity index (χ2n) is 5.80. The van der Waals surface area contributed by atoms with Crippen LogP contribution in [0.1, 0.15) is 23.2 Å². The Balaban J connectivity index is 1.82. The van der Waals surface area contributed by atoms with E-state index in [1.54, 1.807) is 0 Å². The number of amides is 1. The maximum absolute atomic E-state index is 12.5. The molecule has 1 aromatic carbocycles. The molecule has 138 valence electrons. The van der Waals surface area contributed by atoms with Gasteiger partial charge >= 0.3 is 0 Å². The van der Waals surface area contributed by atoms with E-state index in [9.17, 15) is 13.2 Å². The van der Waals surface area contributed by atoms with Gasteiger partial charge in [-0.25, -0.2) is 18.4 Å². The summed E-state index contributed by atoms with van der Waals surface area (Å²) in [5, 5.41) is 0. The molecular weight excluding hydrogens is 358 g/mol. The van der Waals surface area contributed by atoms with Crippen molar-refractivity contribution < 1.29 is 17.9 Å². The molecular formula is C16H19N5O4S. The van der Waals surface area contributed by atoms with Crippen molar-refractivity contribution in [2.75, 3.05) is 29.8 Å². The number of nitrogens with one attached hydrogen (secondary N) is 1. The number of ether oxygens (including phenoxy) is 1. The maximum Gasteiger partial charge on any atom is 0.262 e. The van der Waals surface area contributed by atoms with Gasteiger partial charge in [0.05, 0.1) is 35.6 Å². The molecule has 0 spiro atoms. The molecule has 9 nitrogen and oxygen atoms in total. The average molecular weight is 377 g/mol. The van der Waals surface area contributed by atoms with Crippen molar-refractivity contribution in [2.45, 2.75) is 17.7 Å². The minimum atomic E-state index is -3.93. The summed E-state index contributed by atoms with van der Waals surface area (Å²) in [4.78, 5) is 21.8. The van der Waals surface area contributed by atoms with Gasteiger partial charge in [-0.1, -0.05) is 0 Å². The van der Waals surface area contributed by atoms with Crippen molar-refractivity contribution in [1.82, 2.24) is 9.97 Å². The smallest absolute Gasteiger partial charge is 0.262 e. The zero-order valence-corrected chi connectivity index (χ0v) is 15.0. The summed E-state index contributed by atoms with van der Waals surface area (Å²) in [5.41, 5.74) is 5.48. The summed E-state index contributed by atoms with van der Waals surface area (Å²) in [6.45, 7) is 1.79. The van der Waals surface area contributed by atoms with Crippen LogP contribution in [-0.4, -0.2) is 44.5 Å². The normalized spacial score (nSPS) is 14.3. The van der Waals surface area contributed by atoms with E-state index in [1.165, 1.54) is 37.7 Å². The van der Waals surface area contributed by atoms with Crippen LogP contribution in [0.3, 0.4) is 0 Å². The molecule has 3 N–H and O–H groups in total. The number of hydrogen-bond acceptors (Lipinski definition) is 7. The van der Waals surface area contributed by atoms with E-state index in [-0.39, 0.29) is 21.9 Å². The lowest BCUT2D eigenvalue weighted by molar-refractivity contribution is 0.0997. The van der Waals surface area contributed by atoms with Crippen LogP contribution in [-0.2, 0) is 10.0 Å². The van der Waals surface area contributed by atoms with Crippen LogP contribution in [0.25, 0.3) is 0 Å². The number of primary amides is 1. The van der Waals surface area contributed by atoms with E-state index in [0.717, 1.165) is 25.9 Å². The molecule has 2 heterocycles. The highest BCUT2D eigenvalue weighted by molar-refractivity contribution is 7.92. The van der Waals surface area contributed by atoms with Crippen LogP contribution in [0, 0.1) is 0 Å². The maximum atomic E-state index is 12.5. The first-order valence-electron chi connectivity index (χ1n) is 7.98. The number of nitrogens with zero attached hydrogens (tertiary/aromatic N) is 3. The quantitative estimate of drug-likeness (QED) is 0.768. The van der Waals surface area contributed by atoms with Gasteiger partial charge in [-0.15, -0.1) is 0 Å². The van der Waals surface area contributed by atoms with Gasteiger partial charge in [-0.3, -0.25) is 9.52 Å². The van der Waals surface area contributed by atoms with E-state index >= 15 is 0 Å². The van der Waals surface area contributed by atoms with E-state index in [4.69, 9.17) is 10.5 Å². The first-order chi connectivity index (χ1) is 12.4. The van der Waals surface area contributed by atoms with Gasteiger partial charge < -0.3 is 15.4 Å². The molecule has 1 fully saturated rings. The molecule has 1 aromatic heterocycles. The van der Waals surface area contributed by atoms with E-state index in [0.29, 0.717) is 5.95 Å². The summed E-state index contributed by atoms with van der Waals surface area (Å²) in [5.74, 6) is -0.00198. The van der Waals surface area contributed by atoms with E-state index in [1.807, 2.05) is 4.90 Å². The summed E-state index contributed by atoms with van der Waals surface area (Å²) in [6.07, 6.45) is 5.02. The standard InChI is InChI=1S/C16H19N5O4S/c1-25-14-5-4-12(8-13(14)15(17)22)26(23,24)20-11-9-18-16(19-10-11)21-6-2-3-7-21/h4-5,8-10,20H,2-3,6-7H2,1H3,(H2,17,22). The molecule has 3 rings (SSSR count). The van der Waals surface area contributed by atoms with Gasteiger partial charge in [0.25, 0.3) is 15.9 Å². The lowest BCUT2D eigenvalue weighted by Crippen LogP contribution is -2.21. The summed E-state index contributed by atoms with van der Waals surface area (Å²) < 4.78 is 32.5. The van der Waals surface area contributed by atoms with E-state index in [2.05, 4.69) is 14.7 Å². The number of methoxy groups -OCH3 is 1. The molecule has 1 saturated heterocycles. The lowest BCUT2D eigenvalue weighted by Gasteiger charge is -2.15. The molecule has 0 bridgehead atoms. The Morgan fingerprint density at radius 1 is 1.23 bits per heavy atom. The van der Waals surface area contributed by atoms with Gasteiger partial charge in [0, 0.05) is 13.1 Å². The predicted octanol–water partition coefficient (Wildman–Crippen LogP) is 0.985. The van der Waals surface area contributed by atoms with Crippen LogP contribution in [0.4, 0.5) is 11.6 Å². The molecule has 0 saturated carbocycles. The molecule has 26 heavy (non-hydrogen) atoms. The number of carbonyl (C=O) groups is 1. The minimum Gasteiger partial charge on any atom is -0.496 e. The topological polar surface area (TPSA) is 128 Å². The van der Waals surface area contributed by atoms with Crippen LogP contribution >= 0.6 is 0 Å². The Hall–Kier alpha value is -2.88. The zero-order valence-electron chi connectivity index (χ0n) is 14.2. The van der Waals surface area contributed by atoms with Gasteiger partial charge in [-0.05, 0) is 31.0 Å². The minimum absolute atomic E-state index is 0.0176. The second-order valence-corrected chi connectivity index (χ2v) is 7.48. The fourth-order valence-electron chi connectivity index (χ4n) is 2.72. The Labute approximate surface area is 151 Å². The monoisotopic (exact) mass is 377 g/mol. The Morgan fingerprint density at radius 3 is 2.46 bits per heavy atom. The summed E-state index contributed by atoms with van der Waals surface area (Å²) >= 11 is 0. The number of nitrogens with two attached hydrogens (primary N) is 1. The third-order valence-corrected chi connectivity index (χ3v) is 5.41. The molecule has 2 aromatic rings. The molecule has 0 aliphatic carbocycles. The molecule has 0 unspecified atom stereocenters. The molecule has 0 radical (unpaired) electrons. The van der Waals surface area contributed by atoms with Gasteiger partial charge in [0.2, 0.25) is 5.95 Å². The number of benzene rings is 1. The number of carbonyl (C=O) groups excluding carboxylic acids is 1. The number of hydrogen-bond donors (Lipinski definition) is 2. The number of rotatable bonds is 6. The molecule has 1 aliphatic heterocycles.